The van der Waals surface area contributed by atoms with Crippen LogP contribution in [0.25, 0.3) is 0 Å². The van der Waals surface area contributed by atoms with Crippen LogP contribution in [0.5, 0.6) is 5.75 Å². The van der Waals surface area contributed by atoms with Gasteiger partial charge >= 0.3 is 0 Å². The summed E-state index contributed by atoms with van der Waals surface area (Å²) in [4.78, 5) is 9.69. The van der Waals surface area contributed by atoms with Gasteiger partial charge < -0.3 is 14.9 Å². The second-order valence-electron chi connectivity index (χ2n) is 7.80. The van der Waals surface area contributed by atoms with Crippen molar-refractivity contribution in [3.8, 4) is 5.75 Å². The normalized spacial score (nSPS) is 16.4. The zero-order chi connectivity index (χ0) is 23.8. The number of hydrogen-bond donors (Lipinski definition) is 1. The molecule has 1 unspecified atom stereocenters. The fraction of sp³-hybridized carbons (Fsp3) is 0.280. The molecule has 7 nitrogen and oxygen atoms in total. The molecular weight excluding hydrogens is 470 g/mol. The summed E-state index contributed by atoms with van der Waals surface area (Å²) >= 11 is 1.96. The van der Waals surface area contributed by atoms with Gasteiger partial charge in [0.1, 0.15) is 12.4 Å². The van der Waals surface area contributed by atoms with Crippen LogP contribution in [-0.4, -0.2) is 50.0 Å². The SMILES string of the molecule is CC(=NOCCOc1ccc(CC2CNCS2)cc1)c1ccc(S(=O)(=O)c2ccccc2)nc1. The first kappa shape index (κ1) is 24.3. The maximum Gasteiger partial charge on any atom is 0.223 e. The Labute approximate surface area is 204 Å². The topological polar surface area (TPSA) is 89.9 Å². The lowest BCUT2D eigenvalue weighted by molar-refractivity contribution is 0.107. The predicted octanol–water partition coefficient (Wildman–Crippen LogP) is 3.94. The van der Waals surface area contributed by atoms with E-state index in [0.717, 1.165) is 24.6 Å². The molecule has 1 atom stereocenters. The van der Waals surface area contributed by atoms with Gasteiger partial charge in [-0.3, -0.25) is 0 Å². The van der Waals surface area contributed by atoms with Gasteiger partial charge in [-0.15, -0.1) is 11.8 Å². The zero-order valence-corrected chi connectivity index (χ0v) is 20.5. The lowest BCUT2D eigenvalue weighted by Crippen LogP contribution is -2.14. The summed E-state index contributed by atoms with van der Waals surface area (Å²) < 4.78 is 31.0. The van der Waals surface area contributed by atoms with E-state index in [4.69, 9.17) is 9.57 Å². The summed E-state index contributed by atoms with van der Waals surface area (Å²) in [6.45, 7) is 3.50. The van der Waals surface area contributed by atoms with Crippen molar-refractivity contribution in [3.05, 3.63) is 84.1 Å². The fourth-order valence-electron chi connectivity index (χ4n) is 3.44. The van der Waals surface area contributed by atoms with Gasteiger partial charge in [-0.2, -0.15) is 0 Å². The van der Waals surface area contributed by atoms with E-state index in [1.165, 1.54) is 17.8 Å². The Bertz CT molecular complexity index is 1190. The van der Waals surface area contributed by atoms with Crippen LogP contribution in [0, 0.1) is 0 Å². The summed E-state index contributed by atoms with van der Waals surface area (Å²) in [5.74, 6) is 1.83. The second-order valence-corrected chi connectivity index (χ2v) is 11.0. The van der Waals surface area contributed by atoms with Gasteiger partial charge in [-0.1, -0.05) is 35.5 Å². The number of ether oxygens (including phenoxy) is 1. The fourth-order valence-corrected chi connectivity index (χ4v) is 5.65. The maximum absolute atomic E-state index is 12.6. The van der Waals surface area contributed by atoms with E-state index in [0.29, 0.717) is 23.1 Å². The van der Waals surface area contributed by atoms with Gasteiger partial charge in [0, 0.05) is 29.4 Å². The molecule has 1 aliphatic rings. The quantitative estimate of drug-likeness (QED) is 0.258. The van der Waals surface area contributed by atoms with E-state index >= 15 is 0 Å². The average molecular weight is 498 g/mol. The van der Waals surface area contributed by atoms with E-state index in [1.54, 1.807) is 43.3 Å². The molecule has 1 N–H and O–H groups in total. The minimum Gasteiger partial charge on any atom is -0.490 e. The molecule has 0 aliphatic carbocycles. The van der Waals surface area contributed by atoms with Crippen molar-refractivity contribution < 1.29 is 18.0 Å². The first-order valence-electron chi connectivity index (χ1n) is 11.0. The smallest absolute Gasteiger partial charge is 0.223 e. The molecule has 0 saturated carbocycles. The highest BCUT2D eigenvalue weighted by Gasteiger charge is 2.19. The Morgan fingerprint density at radius 2 is 1.88 bits per heavy atom. The summed E-state index contributed by atoms with van der Waals surface area (Å²) in [5, 5.41) is 8.08. The molecule has 0 spiro atoms. The van der Waals surface area contributed by atoms with E-state index in [2.05, 4.69) is 27.6 Å². The molecule has 178 valence electrons. The number of pyridine rings is 1. The largest absolute Gasteiger partial charge is 0.490 e. The lowest BCUT2D eigenvalue weighted by Gasteiger charge is -2.09. The van der Waals surface area contributed by atoms with Crippen LogP contribution in [0.2, 0.25) is 0 Å². The van der Waals surface area contributed by atoms with Gasteiger partial charge in [-0.25, -0.2) is 13.4 Å². The van der Waals surface area contributed by atoms with E-state index in [9.17, 15) is 8.42 Å². The molecule has 1 aromatic heterocycles. The Kier molecular flexibility index (Phi) is 8.21. The van der Waals surface area contributed by atoms with Crippen molar-refractivity contribution in [2.24, 2.45) is 5.16 Å². The summed E-state index contributed by atoms with van der Waals surface area (Å²) in [6.07, 6.45) is 2.54. The number of nitrogens with zero attached hydrogens (tertiary/aromatic N) is 2. The highest BCUT2D eigenvalue weighted by molar-refractivity contribution is 8.00. The molecule has 1 aliphatic heterocycles. The van der Waals surface area contributed by atoms with Crippen molar-refractivity contribution in [1.29, 1.82) is 0 Å². The number of thioether (sulfide) groups is 1. The van der Waals surface area contributed by atoms with Crippen LogP contribution in [0.1, 0.15) is 18.1 Å². The Morgan fingerprint density at radius 1 is 1.09 bits per heavy atom. The standard InChI is InChI=1S/C25H27N3O4S2/c1-19(21-9-12-25(27-16-21)34(29,30)24-5-3-2-4-6-24)28-32-14-13-31-22-10-7-20(8-11-22)15-23-17-26-18-33-23/h2-12,16,23,26H,13-15,17-18H2,1H3. The van der Waals surface area contributed by atoms with Gasteiger partial charge in [0.15, 0.2) is 11.6 Å². The molecular formula is C25H27N3O4S2. The van der Waals surface area contributed by atoms with Crippen molar-refractivity contribution in [3.63, 3.8) is 0 Å². The number of benzene rings is 2. The average Bonchev–Trinajstić information content (AvgIpc) is 3.38. The van der Waals surface area contributed by atoms with E-state index in [-0.39, 0.29) is 16.5 Å². The van der Waals surface area contributed by atoms with Crippen LogP contribution < -0.4 is 10.1 Å². The highest BCUT2D eigenvalue weighted by atomic mass is 32.2. The Hall–Kier alpha value is -2.88. The van der Waals surface area contributed by atoms with Gasteiger partial charge in [0.2, 0.25) is 9.84 Å². The van der Waals surface area contributed by atoms with Crippen molar-refractivity contribution >= 4 is 27.3 Å². The maximum atomic E-state index is 12.6. The Morgan fingerprint density at radius 3 is 2.56 bits per heavy atom. The molecule has 3 aromatic rings. The predicted molar refractivity (Wildman–Crippen MR) is 134 cm³/mol. The van der Waals surface area contributed by atoms with Crippen LogP contribution in [0.15, 0.2) is 88.0 Å². The number of rotatable bonds is 10. The van der Waals surface area contributed by atoms with Crippen molar-refractivity contribution in [2.75, 3.05) is 25.6 Å². The van der Waals surface area contributed by atoms with Crippen LogP contribution in [-0.2, 0) is 21.1 Å². The Balaban J connectivity index is 1.23. The lowest BCUT2D eigenvalue weighted by atomic mass is 10.1. The molecule has 9 heteroatoms. The molecule has 0 amide bonds. The minimum absolute atomic E-state index is 0.00532. The molecule has 0 bridgehead atoms. The first-order chi connectivity index (χ1) is 16.5. The molecule has 4 rings (SSSR count). The van der Waals surface area contributed by atoms with Gasteiger partial charge in [0.25, 0.3) is 0 Å². The van der Waals surface area contributed by atoms with E-state index < -0.39 is 9.84 Å². The third-order valence-corrected chi connectivity index (χ3v) is 8.17. The number of aromatic nitrogens is 1. The molecule has 0 radical (unpaired) electrons. The summed E-state index contributed by atoms with van der Waals surface area (Å²) in [7, 11) is -3.64. The zero-order valence-electron chi connectivity index (χ0n) is 18.9. The molecule has 1 saturated heterocycles. The summed E-state index contributed by atoms with van der Waals surface area (Å²) in [5.41, 5.74) is 2.58. The third kappa shape index (κ3) is 6.37. The van der Waals surface area contributed by atoms with Gasteiger partial charge in [0.05, 0.1) is 10.6 Å². The van der Waals surface area contributed by atoms with Crippen LogP contribution in [0.4, 0.5) is 0 Å². The number of sulfone groups is 1. The number of nitrogens with one attached hydrogen (secondary N) is 1. The second kappa shape index (κ2) is 11.5. The number of hydrogen-bond acceptors (Lipinski definition) is 8. The number of oxime groups is 1. The van der Waals surface area contributed by atoms with E-state index in [1.807, 2.05) is 23.9 Å². The molecule has 2 aromatic carbocycles. The highest BCUT2D eigenvalue weighted by Crippen LogP contribution is 2.21. The summed E-state index contributed by atoms with van der Waals surface area (Å²) in [6, 6.07) is 19.6. The van der Waals surface area contributed by atoms with Gasteiger partial charge in [-0.05, 0) is 55.3 Å². The third-order valence-electron chi connectivity index (χ3n) is 5.31. The first-order valence-corrected chi connectivity index (χ1v) is 13.5. The van der Waals surface area contributed by atoms with Crippen molar-refractivity contribution in [2.45, 2.75) is 28.5 Å². The van der Waals surface area contributed by atoms with Crippen molar-refractivity contribution in [1.82, 2.24) is 10.3 Å². The van der Waals surface area contributed by atoms with Crippen LogP contribution >= 0.6 is 11.8 Å². The molecule has 1 fully saturated rings. The molecule has 34 heavy (non-hydrogen) atoms. The molecule has 2 heterocycles. The van der Waals surface area contributed by atoms with Crippen LogP contribution in [0.3, 0.4) is 0 Å². The monoisotopic (exact) mass is 497 g/mol. The minimum atomic E-state index is -3.64.